The predicted molar refractivity (Wildman–Crippen MR) is 99.9 cm³/mol. The van der Waals surface area contributed by atoms with Crippen molar-refractivity contribution in [3.05, 3.63) is 57.3 Å². The Bertz CT molecular complexity index is 788. The van der Waals surface area contributed by atoms with Crippen LogP contribution in [-0.2, 0) is 13.0 Å². The van der Waals surface area contributed by atoms with Gasteiger partial charge in [0.25, 0.3) is 5.91 Å². The Morgan fingerprint density at radius 2 is 2.08 bits per heavy atom. The van der Waals surface area contributed by atoms with Crippen molar-refractivity contribution >= 4 is 17.2 Å². The SMILES string of the molecule is Cc1csc(C(=O)N2CC[C@](O)(CN3CCc4ccccc4C3)C2)c1. The van der Waals surface area contributed by atoms with Crippen molar-refractivity contribution < 1.29 is 9.90 Å². The summed E-state index contributed by atoms with van der Waals surface area (Å²) in [6.07, 6.45) is 1.69. The molecule has 1 aromatic heterocycles. The Morgan fingerprint density at radius 3 is 2.84 bits per heavy atom. The fourth-order valence-corrected chi connectivity index (χ4v) is 4.83. The Balaban J connectivity index is 1.39. The molecule has 0 spiro atoms. The van der Waals surface area contributed by atoms with E-state index in [1.165, 1.54) is 22.5 Å². The van der Waals surface area contributed by atoms with Crippen molar-refractivity contribution in [2.24, 2.45) is 0 Å². The van der Waals surface area contributed by atoms with Crippen molar-refractivity contribution in [1.82, 2.24) is 9.80 Å². The molecule has 0 saturated carbocycles. The maximum Gasteiger partial charge on any atom is 0.264 e. The fourth-order valence-electron chi connectivity index (χ4n) is 3.96. The van der Waals surface area contributed by atoms with Crippen LogP contribution in [0.5, 0.6) is 0 Å². The van der Waals surface area contributed by atoms with E-state index in [0.717, 1.165) is 30.0 Å². The van der Waals surface area contributed by atoms with Crippen molar-refractivity contribution in [3.63, 3.8) is 0 Å². The molecule has 1 aromatic carbocycles. The van der Waals surface area contributed by atoms with E-state index in [2.05, 4.69) is 29.2 Å². The summed E-state index contributed by atoms with van der Waals surface area (Å²) in [4.78, 5) is 17.5. The molecule has 2 aromatic rings. The van der Waals surface area contributed by atoms with Crippen LogP contribution in [0.3, 0.4) is 0 Å². The Kier molecular flexibility index (Phi) is 4.40. The first-order chi connectivity index (χ1) is 12.0. The molecule has 1 saturated heterocycles. The maximum absolute atomic E-state index is 12.6. The van der Waals surface area contributed by atoms with E-state index >= 15 is 0 Å². The number of benzene rings is 1. The molecule has 1 atom stereocenters. The minimum atomic E-state index is -0.797. The smallest absolute Gasteiger partial charge is 0.264 e. The Hall–Kier alpha value is -1.69. The van der Waals surface area contributed by atoms with Crippen LogP contribution in [0, 0.1) is 6.92 Å². The summed E-state index contributed by atoms with van der Waals surface area (Å²) in [6, 6.07) is 10.5. The van der Waals surface area contributed by atoms with Gasteiger partial charge in [0.15, 0.2) is 0 Å². The van der Waals surface area contributed by atoms with Crippen LogP contribution in [0.25, 0.3) is 0 Å². The van der Waals surface area contributed by atoms with Gasteiger partial charge in [0.05, 0.1) is 17.0 Å². The highest BCUT2D eigenvalue weighted by atomic mass is 32.1. The largest absolute Gasteiger partial charge is 0.387 e. The van der Waals surface area contributed by atoms with Crippen molar-refractivity contribution in [2.45, 2.75) is 31.9 Å². The van der Waals surface area contributed by atoms with Crippen LogP contribution >= 0.6 is 11.3 Å². The fraction of sp³-hybridized carbons (Fsp3) is 0.450. The van der Waals surface area contributed by atoms with E-state index in [-0.39, 0.29) is 5.91 Å². The summed E-state index contributed by atoms with van der Waals surface area (Å²) in [5.74, 6) is 0.0537. The zero-order valence-electron chi connectivity index (χ0n) is 14.6. The van der Waals surface area contributed by atoms with Crippen molar-refractivity contribution in [3.8, 4) is 0 Å². The lowest BCUT2D eigenvalue weighted by molar-refractivity contribution is 0.00810. The second-order valence-corrected chi connectivity index (χ2v) is 8.33. The van der Waals surface area contributed by atoms with Gasteiger partial charge in [-0.15, -0.1) is 11.3 Å². The number of nitrogens with zero attached hydrogens (tertiary/aromatic N) is 2. The van der Waals surface area contributed by atoms with E-state index < -0.39 is 5.60 Å². The number of amides is 1. The van der Waals surface area contributed by atoms with E-state index in [9.17, 15) is 9.90 Å². The summed E-state index contributed by atoms with van der Waals surface area (Å²) in [7, 11) is 0. The Labute approximate surface area is 152 Å². The van der Waals surface area contributed by atoms with Gasteiger partial charge in [0.2, 0.25) is 0 Å². The van der Waals surface area contributed by atoms with E-state index in [4.69, 9.17) is 0 Å². The lowest BCUT2D eigenvalue weighted by Gasteiger charge is -2.34. The highest BCUT2D eigenvalue weighted by Crippen LogP contribution is 2.28. The maximum atomic E-state index is 12.6. The number of hydrogen-bond acceptors (Lipinski definition) is 4. The molecule has 2 aliphatic heterocycles. The van der Waals surface area contributed by atoms with Crippen LogP contribution in [0.15, 0.2) is 35.7 Å². The lowest BCUT2D eigenvalue weighted by atomic mass is 9.97. The molecule has 3 heterocycles. The zero-order chi connectivity index (χ0) is 17.4. The van der Waals surface area contributed by atoms with Crippen LogP contribution in [0.4, 0.5) is 0 Å². The number of β-amino-alcohol motifs (C(OH)–C–C–N with tert-alkyl or cyclic N) is 1. The number of aliphatic hydroxyl groups is 1. The first kappa shape index (κ1) is 16.8. The molecule has 0 unspecified atom stereocenters. The summed E-state index contributed by atoms with van der Waals surface area (Å²) in [5.41, 5.74) is 3.10. The number of rotatable bonds is 3. The number of hydrogen-bond donors (Lipinski definition) is 1. The number of aryl methyl sites for hydroxylation is 1. The second kappa shape index (κ2) is 6.56. The van der Waals surface area contributed by atoms with Gasteiger partial charge in [-0.25, -0.2) is 0 Å². The average Bonchev–Trinajstić information content (AvgIpc) is 3.20. The van der Waals surface area contributed by atoms with Gasteiger partial charge in [-0.05, 0) is 47.9 Å². The standard InChI is InChI=1S/C20H24N2O2S/c1-15-10-18(25-12-15)19(23)22-9-7-20(24,14-22)13-21-8-6-16-4-2-3-5-17(16)11-21/h2-5,10,12,24H,6-9,11,13-14H2,1H3/t20-/m0/s1. The minimum Gasteiger partial charge on any atom is -0.387 e. The van der Waals surface area contributed by atoms with Crippen molar-refractivity contribution in [1.29, 1.82) is 0 Å². The third kappa shape index (κ3) is 3.50. The van der Waals surface area contributed by atoms with Crippen LogP contribution in [0.1, 0.15) is 32.8 Å². The van der Waals surface area contributed by atoms with Crippen LogP contribution < -0.4 is 0 Å². The molecule has 1 fully saturated rings. The minimum absolute atomic E-state index is 0.0537. The van der Waals surface area contributed by atoms with Gasteiger partial charge in [-0.2, -0.15) is 0 Å². The number of carbonyl (C=O) groups is 1. The number of likely N-dealkylation sites (tertiary alicyclic amines) is 1. The second-order valence-electron chi connectivity index (χ2n) is 7.42. The highest BCUT2D eigenvalue weighted by Gasteiger charge is 2.40. The highest BCUT2D eigenvalue weighted by molar-refractivity contribution is 7.12. The van der Waals surface area contributed by atoms with Crippen LogP contribution in [0.2, 0.25) is 0 Å². The molecule has 1 N–H and O–H groups in total. The van der Waals surface area contributed by atoms with Gasteiger partial charge in [0, 0.05) is 26.2 Å². The Morgan fingerprint density at radius 1 is 1.28 bits per heavy atom. The third-order valence-corrected chi connectivity index (χ3v) is 6.32. The molecular formula is C20H24N2O2S. The summed E-state index contributed by atoms with van der Waals surface area (Å²) in [5, 5.41) is 13.0. The summed E-state index contributed by atoms with van der Waals surface area (Å²) < 4.78 is 0. The molecule has 4 rings (SSSR count). The molecule has 1 amide bonds. The monoisotopic (exact) mass is 356 g/mol. The van der Waals surface area contributed by atoms with Crippen molar-refractivity contribution in [2.75, 3.05) is 26.2 Å². The number of thiophene rings is 1. The van der Waals surface area contributed by atoms with Gasteiger partial charge >= 0.3 is 0 Å². The molecule has 5 heteroatoms. The van der Waals surface area contributed by atoms with Gasteiger partial charge in [-0.3, -0.25) is 9.69 Å². The van der Waals surface area contributed by atoms with Gasteiger partial charge in [-0.1, -0.05) is 24.3 Å². The molecular weight excluding hydrogens is 332 g/mol. The molecule has 0 aliphatic carbocycles. The molecule has 4 nitrogen and oxygen atoms in total. The lowest BCUT2D eigenvalue weighted by Crippen LogP contribution is -2.47. The zero-order valence-corrected chi connectivity index (χ0v) is 15.4. The normalized spacial score (nSPS) is 23.7. The first-order valence-electron chi connectivity index (χ1n) is 8.88. The molecule has 2 aliphatic rings. The number of fused-ring (bicyclic) bond motifs is 1. The van der Waals surface area contributed by atoms with Crippen LogP contribution in [-0.4, -0.2) is 52.6 Å². The van der Waals surface area contributed by atoms with E-state index in [1.54, 1.807) is 0 Å². The van der Waals surface area contributed by atoms with E-state index in [1.807, 2.05) is 23.3 Å². The summed E-state index contributed by atoms with van der Waals surface area (Å²) >= 11 is 1.49. The molecule has 0 radical (unpaired) electrons. The first-order valence-corrected chi connectivity index (χ1v) is 9.76. The third-order valence-electron chi connectivity index (χ3n) is 5.29. The average molecular weight is 356 g/mol. The topological polar surface area (TPSA) is 43.8 Å². The summed E-state index contributed by atoms with van der Waals surface area (Å²) in [6.45, 7) is 5.56. The predicted octanol–water partition coefficient (Wildman–Crippen LogP) is 2.69. The molecule has 132 valence electrons. The number of carbonyl (C=O) groups excluding carboxylic acids is 1. The quantitative estimate of drug-likeness (QED) is 0.920. The van der Waals surface area contributed by atoms with Gasteiger partial charge < -0.3 is 10.0 Å². The van der Waals surface area contributed by atoms with E-state index in [0.29, 0.717) is 26.1 Å². The molecule has 25 heavy (non-hydrogen) atoms. The molecule has 0 bridgehead atoms. The van der Waals surface area contributed by atoms with Gasteiger partial charge in [0.1, 0.15) is 0 Å².